The topological polar surface area (TPSA) is 49.4 Å². The van der Waals surface area contributed by atoms with E-state index in [0.29, 0.717) is 29.2 Å². The summed E-state index contributed by atoms with van der Waals surface area (Å²) in [5.41, 5.74) is 2.20. The van der Waals surface area contributed by atoms with Gasteiger partial charge in [-0.3, -0.25) is 9.59 Å². The first-order chi connectivity index (χ1) is 12.1. The lowest BCUT2D eigenvalue weighted by atomic mass is 10.0. The average molecular weight is 357 g/mol. The molecule has 0 bridgehead atoms. The fourth-order valence-corrected chi connectivity index (χ4v) is 3.34. The Morgan fingerprint density at radius 2 is 1.60 bits per heavy atom. The van der Waals surface area contributed by atoms with E-state index in [9.17, 15) is 9.59 Å². The third kappa shape index (κ3) is 4.02. The molecule has 0 spiro atoms. The van der Waals surface area contributed by atoms with Crippen molar-refractivity contribution in [2.45, 2.75) is 25.8 Å². The summed E-state index contributed by atoms with van der Waals surface area (Å²) in [6.45, 7) is 3.16. The van der Waals surface area contributed by atoms with Crippen LogP contribution < -0.4 is 5.32 Å². The highest BCUT2D eigenvalue weighted by Gasteiger charge is 2.26. The maximum Gasteiger partial charge on any atom is 0.255 e. The van der Waals surface area contributed by atoms with Gasteiger partial charge in [0.2, 0.25) is 0 Å². The highest BCUT2D eigenvalue weighted by atomic mass is 35.5. The number of carbonyl (C=O) groups is 2. The van der Waals surface area contributed by atoms with Gasteiger partial charge in [-0.25, -0.2) is 0 Å². The van der Waals surface area contributed by atoms with Gasteiger partial charge in [-0.05, 0) is 43.5 Å². The number of aryl methyl sites for hydroxylation is 1. The minimum atomic E-state index is -0.0472. The number of halogens is 1. The molecule has 1 saturated heterocycles. The average Bonchev–Trinajstić information content (AvgIpc) is 2.62. The molecule has 2 aromatic carbocycles. The van der Waals surface area contributed by atoms with Crippen LogP contribution in [0.5, 0.6) is 0 Å². The van der Waals surface area contributed by atoms with Gasteiger partial charge >= 0.3 is 0 Å². The Bertz CT molecular complexity index is 783. The van der Waals surface area contributed by atoms with Crippen molar-refractivity contribution in [3.8, 4) is 0 Å². The molecule has 0 saturated carbocycles. The first kappa shape index (κ1) is 17.5. The van der Waals surface area contributed by atoms with Gasteiger partial charge in [-0.2, -0.15) is 0 Å². The maximum atomic E-state index is 12.6. The number of piperidine rings is 1. The van der Waals surface area contributed by atoms with Crippen LogP contribution >= 0.6 is 11.6 Å². The van der Waals surface area contributed by atoms with Gasteiger partial charge in [0.05, 0.1) is 10.6 Å². The molecule has 0 radical (unpaired) electrons. The molecule has 0 aliphatic carbocycles. The number of likely N-dealkylation sites (tertiary alicyclic amines) is 1. The Morgan fingerprint density at radius 1 is 1.00 bits per heavy atom. The fourth-order valence-electron chi connectivity index (χ4n) is 3.12. The van der Waals surface area contributed by atoms with Gasteiger partial charge in [-0.15, -0.1) is 0 Å². The Kier molecular flexibility index (Phi) is 5.39. The van der Waals surface area contributed by atoms with E-state index in [0.717, 1.165) is 18.4 Å². The second-order valence-electron chi connectivity index (χ2n) is 6.33. The Balaban J connectivity index is 1.57. The van der Waals surface area contributed by atoms with Crippen molar-refractivity contribution in [3.63, 3.8) is 0 Å². The van der Waals surface area contributed by atoms with E-state index >= 15 is 0 Å². The standard InChI is InChI=1S/C20H21ClN2O2/c1-14-6-2-3-7-16(14)19(24)22-15-10-12-23(13-11-15)20(25)17-8-4-5-9-18(17)21/h2-9,15H,10-13H2,1H3,(H,22,24). The van der Waals surface area contributed by atoms with Gasteiger partial charge in [0.1, 0.15) is 0 Å². The van der Waals surface area contributed by atoms with Crippen molar-refractivity contribution in [2.75, 3.05) is 13.1 Å². The summed E-state index contributed by atoms with van der Waals surface area (Å²) in [5, 5.41) is 3.56. The minimum absolute atomic E-state index is 0.0470. The largest absolute Gasteiger partial charge is 0.349 e. The number of hydrogen-bond donors (Lipinski definition) is 1. The summed E-state index contributed by atoms with van der Waals surface area (Å²) in [7, 11) is 0. The Labute approximate surface area is 152 Å². The summed E-state index contributed by atoms with van der Waals surface area (Å²) in [5.74, 6) is -0.0942. The van der Waals surface area contributed by atoms with E-state index < -0.39 is 0 Å². The zero-order chi connectivity index (χ0) is 17.8. The van der Waals surface area contributed by atoms with Crippen LogP contribution in [-0.2, 0) is 0 Å². The van der Waals surface area contributed by atoms with Crippen LogP contribution in [0.4, 0.5) is 0 Å². The fraction of sp³-hybridized carbons (Fsp3) is 0.300. The molecule has 1 aliphatic heterocycles. The number of hydrogen-bond acceptors (Lipinski definition) is 2. The number of carbonyl (C=O) groups excluding carboxylic acids is 2. The van der Waals surface area contributed by atoms with E-state index in [-0.39, 0.29) is 17.9 Å². The molecule has 1 N–H and O–H groups in total. The number of benzene rings is 2. The van der Waals surface area contributed by atoms with Crippen molar-refractivity contribution >= 4 is 23.4 Å². The van der Waals surface area contributed by atoms with E-state index in [2.05, 4.69) is 5.32 Å². The Hall–Kier alpha value is -2.33. The molecule has 5 heteroatoms. The SMILES string of the molecule is Cc1ccccc1C(=O)NC1CCN(C(=O)c2ccccc2Cl)CC1. The summed E-state index contributed by atoms with van der Waals surface area (Å²) in [6, 6.07) is 14.7. The van der Waals surface area contributed by atoms with Crippen LogP contribution in [0.15, 0.2) is 48.5 Å². The summed E-state index contributed by atoms with van der Waals surface area (Å²) in [4.78, 5) is 26.8. The van der Waals surface area contributed by atoms with Crippen molar-refractivity contribution in [2.24, 2.45) is 0 Å². The zero-order valence-electron chi connectivity index (χ0n) is 14.2. The quantitative estimate of drug-likeness (QED) is 0.911. The van der Waals surface area contributed by atoms with Gasteiger partial charge in [-0.1, -0.05) is 41.9 Å². The monoisotopic (exact) mass is 356 g/mol. The van der Waals surface area contributed by atoms with E-state index in [1.54, 1.807) is 17.0 Å². The number of nitrogens with zero attached hydrogens (tertiary/aromatic N) is 1. The van der Waals surface area contributed by atoms with Crippen LogP contribution in [0.3, 0.4) is 0 Å². The maximum absolute atomic E-state index is 12.6. The third-order valence-electron chi connectivity index (χ3n) is 4.61. The summed E-state index contributed by atoms with van der Waals surface area (Å²) >= 11 is 6.11. The molecule has 25 heavy (non-hydrogen) atoms. The molecule has 0 unspecified atom stereocenters. The van der Waals surface area contributed by atoms with Crippen LogP contribution in [0.2, 0.25) is 5.02 Å². The summed E-state index contributed by atoms with van der Waals surface area (Å²) in [6.07, 6.45) is 1.49. The van der Waals surface area contributed by atoms with Crippen LogP contribution in [0, 0.1) is 6.92 Å². The Morgan fingerprint density at radius 3 is 2.24 bits per heavy atom. The first-order valence-electron chi connectivity index (χ1n) is 8.46. The highest BCUT2D eigenvalue weighted by molar-refractivity contribution is 6.33. The predicted molar refractivity (Wildman–Crippen MR) is 99.0 cm³/mol. The summed E-state index contributed by atoms with van der Waals surface area (Å²) < 4.78 is 0. The second kappa shape index (κ2) is 7.70. The lowest BCUT2D eigenvalue weighted by molar-refractivity contribution is 0.0698. The highest BCUT2D eigenvalue weighted by Crippen LogP contribution is 2.20. The molecule has 4 nitrogen and oxygen atoms in total. The van der Waals surface area contributed by atoms with Crippen LogP contribution in [0.1, 0.15) is 39.1 Å². The van der Waals surface area contributed by atoms with Gasteiger partial charge in [0.25, 0.3) is 11.8 Å². The molecule has 130 valence electrons. The van der Waals surface area contributed by atoms with Gasteiger partial charge < -0.3 is 10.2 Å². The molecule has 0 atom stereocenters. The van der Waals surface area contributed by atoms with Gasteiger partial charge in [0.15, 0.2) is 0 Å². The smallest absolute Gasteiger partial charge is 0.255 e. The first-order valence-corrected chi connectivity index (χ1v) is 8.84. The number of amides is 2. The van der Waals surface area contributed by atoms with E-state index in [4.69, 9.17) is 11.6 Å². The van der Waals surface area contributed by atoms with Crippen molar-refractivity contribution in [3.05, 3.63) is 70.2 Å². The van der Waals surface area contributed by atoms with E-state index in [1.165, 1.54) is 0 Å². The van der Waals surface area contributed by atoms with Crippen molar-refractivity contribution in [1.29, 1.82) is 0 Å². The molecule has 1 heterocycles. The minimum Gasteiger partial charge on any atom is -0.349 e. The molecular weight excluding hydrogens is 336 g/mol. The molecular formula is C20H21ClN2O2. The molecule has 1 aliphatic rings. The van der Waals surface area contributed by atoms with Crippen molar-refractivity contribution in [1.82, 2.24) is 10.2 Å². The molecule has 2 aromatic rings. The van der Waals surface area contributed by atoms with E-state index in [1.807, 2.05) is 43.3 Å². The third-order valence-corrected chi connectivity index (χ3v) is 4.94. The lowest BCUT2D eigenvalue weighted by Crippen LogP contribution is -2.46. The predicted octanol–water partition coefficient (Wildman–Crippen LogP) is 3.68. The number of nitrogens with one attached hydrogen (secondary N) is 1. The van der Waals surface area contributed by atoms with Crippen molar-refractivity contribution < 1.29 is 9.59 Å². The molecule has 2 amide bonds. The number of rotatable bonds is 3. The molecule has 3 rings (SSSR count). The lowest BCUT2D eigenvalue weighted by Gasteiger charge is -2.32. The molecule has 0 aromatic heterocycles. The van der Waals surface area contributed by atoms with Crippen LogP contribution in [-0.4, -0.2) is 35.8 Å². The van der Waals surface area contributed by atoms with Crippen LogP contribution in [0.25, 0.3) is 0 Å². The molecule has 1 fully saturated rings. The van der Waals surface area contributed by atoms with Gasteiger partial charge in [0, 0.05) is 24.7 Å². The normalized spacial score (nSPS) is 15.0. The second-order valence-corrected chi connectivity index (χ2v) is 6.74. The zero-order valence-corrected chi connectivity index (χ0v) is 14.9.